The van der Waals surface area contributed by atoms with Crippen molar-refractivity contribution < 1.29 is 4.79 Å². The van der Waals surface area contributed by atoms with Crippen LogP contribution >= 0.6 is 0 Å². The Morgan fingerprint density at radius 3 is 2.70 bits per heavy atom. The molecular formula is C7H10N2O. The van der Waals surface area contributed by atoms with Gasteiger partial charge in [-0.1, -0.05) is 6.92 Å². The molecule has 3 heteroatoms. The van der Waals surface area contributed by atoms with E-state index in [1.807, 2.05) is 6.92 Å². The second-order valence-electron chi connectivity index (χ2n) is 2.97. The van der Waals surface area contributed by atoms with Crippen LogP contribution in [0.2, 0.25) is 0 Å². The molecule has 1 amide bonds. The molecule has 54 valence electrons. The summed E-state index contributed by atoms with van der Waals surface area (Å²) in [6.45, 7) is 3.66. The van der Waals surface area contributed by atoms with Crippen molar-refractivity contribution in [3.05, 3.63) is 0 Å². The lowest BCUT2D eigenvalue weighted by molar-refractivity contribution is -0.119. The van der Waals surface area contributed by atoms with Crippen molar-refractivity contribution in [3.63, 3.8) is 0 Å². The maximum absolute atomic E-state index is 10.8. The van der Waals surface area contributed by atoms with Crippen LogP contribution < -0.4 is 5.32 Å². The van der Waals surface area contributed by atoms with Crippen LogP contribution in [0.3, 0.4) is 0 Å². The largest absolute Gasteiger partial charge is 0.338 e. The summed E-state index contributed by atoms with van der Waals surface area (Å²) >= 11 is 0. The molecule has 1 rings (SSSR count). The van der Waals surface area contributed by atoms with Crippen LogP contribution in [-0.4, -0.2) is 11.4 Å². The van der Waals surface area contributed by atoms with Crippen molar-refractivity contribution in [3.8, 4) is 6.07 Å². The van der Waals surface area contributed by atoms with Crippen molar-refractivity contribution in [1.29, 1.82) is 5.26 Å². The van der Waals surface area contributed by atoms with Gasteiger partial charge in [-0.05, 0) is 6.92 Å². The average molecular weight is 138 g/mol. The number of amides is 1. The Hall–Kier alpha value is -1.04. The van der Waals surface area contributed by atoms with E-state index in [4.69, 9.17) is 5.26 Å². The quantitative estimate of drug-likeness (QED) is 0.527. The van der Waals surface area contributed by atoms with E-state index in [0.29, 0.717) is 6.42 Å². The molecule has 0 aromatic carbocycles. The van der Waals surface area contributed by atoms with Gasteiger partial charge < -0.3 is 5.32 Å². The van der Waals surface area contributed by atoms with Crippen LogP contribution in [0.25, 0.3) is 0 Å². The Balaban J connectivity index is 2.83. The number of rotatable bonds is 0. The number of carbonyl (C=O) groups excluding carboxylic acids is 1. The first kappa shape index (κ1) is 7.07. The molecule has 0 aliphatic carbocycles. The minimum atomic E-state index is -0.628. The zero-order valence-corrected chi connectivity index (χ0v) is 6.14. The van der Waals surface area contributed by atoms with Gasteiger partial charge in [-0.3, -0.25) is 4.79 Å². The highest BCUT2D eigenvalue weighted by Crippen LogP contribution is 2.25. The third-order valence-electron chi connectivity index (χ3n) is 2.11. The van der Waals surface area contributed by atoms with Gasteiger partial charge in [-0.15, -0.1) is 0 Å². The molecule has 0 spiro atoms. The summed E-state index contributed by atoms with van der Waals surface area (Å²) in [5.41, 5.74) is -0.628. The minimum Gasteiger partial charge on any atom is -0.338 e. The van der Waals surface area contributed by atoms with Crippen molar-refractivity contribution >= 4 is 5.91 Å². The SMILES string of the molecule is C[C@@H]1CC(=O)N[C@]1(C)C#N. The fourth-order valence-electron chi connectivity index (χ4n) is 1.08. The molecule has 0 aromatic rings. The van der Waals surface area contributed by atoms with E-state index >= 15 is 0 Å². The lowest BCUT2D eigenvalue weighted by Crippen LogP contribution is -2.40. The zero-order valence-electron chi connectivity index (χ0n) is 6.14. The van der Waals surface area contributed by atoms with E-state index in [2.05, 4.69) is 11.4 Å². The van der Waals surface area contributed by atoms with E-state index in [1.54, 1.807) is 6.92 Å². The molecule has 1 heterocycles. The van der Waals surface area contributed by atoms with Crippen LogP contribution in [0, 0.1) is 17.2 Å². The molecule has 3 nitrogen and oxygen atoms in total. The standard InChI is InChI=1S/C7H10N2O/c1-5-3-6(10)9-7(5,2)4-8/h5H,3H2,1-2H3,(H,9,10)/t5-,7-/m1/s1. The Kier molecular flexibility index (Phi) is 1.40. The summed E-state index contributed by atoms with van der Waals surface area (Å²) in [5, 5.41) is 11.3. The lowest BCUT2D eigenvalue weighted by atomic mass is 9.91. The molecule has 0 radical (unpaired) electrons. The third-order valence-corrected chi connectivity index (χ3v) is 2.11. The molecule has 0 aromatic heterocycles. The molecule has 1 N–H and O–H groups in total. The summed E-state index contributed by atoms with van der Waals surface area (Å²) in [6.07, 6.45) is 0.476. The Bertz CT molecular complexity index is 206. The Labute approximate surface area is 60.0 Å². The topological polar surface area (TPSA) is 52.9 Å². The fourth-order valence-corrected chi connectivity index (χ4v) is 1.08. The maximum Gasteiger partial charge on any atom is 0.221 e. The molecule has 1 fully saturated rings. The van der Waals surface area contributed by atoms with Gasteiger partial charge in [0.2, 0.25) is 5.91 Å². The monoisotopic (exact) mass is 138 g/mol. The molecule has 0 unspecified atom stereocenters. The van der Waals surface area contributed by atoms with E-state index in [1.165, 1.54) is 0 Å². The summed E-state index contributed by atoms with van der Waals surface area (Å²) in [7, 11) is 0. The second-order valence-corrected chi connectivity index (χ2v) is 2.97. The van der Waals surface area contributed by atoms with Crippen LogP contribution in [0.1, 0.15) is 20.3 Å². The maximum atomic E-state index is 10.8. The van der Waals surface area contributed by atoms with E-state index < -0.39 is 5.54 Å². The van der Waals surface area contributed by atoms with Gasteiger partial charge in [-0.2, -0.15) is 5.26 Å². The van der Waals surface area contributed by atoms with Gasteiger partial charge in [0.1, 0.15) is 5.54 Å². The Morgan fingerprint density at radius 1 is 1.90 bits per heavy atom. The molecule has 0 saturated carbocycles. The average Bonchev–Trinajstić information content (AvgIpc) is 2.09. The first-order chi connectivity index (χ1) is 4.58. The van der Waals surface area contributed by atoms with Crippen LogP contribution in [0.15, 0.2) is 0 Å². The summed E-state index contributed by atoms with van der Waals surface area (Å²) in [6, 6.07) is 2.09. The van der Waals surface area contributed by atoms with Crippen molar-refractivity contribution in [2.24, 2.45) is 5.92 Å². The van der Waals surface area contributed by atoms with Crippen LogP contribution in [0.5, 0.6) is 0 Å². The van der Waals surface area contributed by atoms with E-state index in [-0.39, 0.29) is 11.8 Å². The van der Waals surface area contributed by atoms with Gasteiger partial charge in [0, 0.05) is 12.3 Å². The van der Waals surface area contributed by atoms with Crippen molar-refractivity contribution in [1.82, 2.24) is 5.32 Å². The summed E-state index contributed by atoms with van der Waals surface area (Å²) < 4.78 is 0. The number of hydrogen-bond acceptors (Lipinski definition) is 2. The minimum absolute atomic E-state index is 0.0171. The number of nitrogens with zero attached hydrogens (tertiary/aromatic N) is 1. The molecular weight excluding hydrogens is 128 g/mol. The molecule has 0 bridgehead atoms. The highest BCUT2D eigenvalue weighted by Gasteiger charge is 2.39. The third kappa shape index (κ3) is 0.860. The molecule has 1 aliphatic rings. The molecule has 1 saturated heterocycles. The predicted molar refractivity (Wildman–Crippen MR) is 35.9 cm³/mol. The fraction of sp³-hybridized carbons (Fsp3) is 0.714. The molecule has 2 atom stereocenters. The highest BCUT2D eigenvalue weighted by atomic mass is 16.2. The zero-order chi connectivity index (χ0) is 7.78. The van der Waals surface area contributed by atoms with Gasteiger partial charge in [0.25, 0.3) is 0 Å². The number of nitrogens with one attached hydrogen (secondary N) is 1. The smallest absolute Gasteiger partial charge is 0.221 e. The van der Waals surface area contributed by atoms with Gasteiger partial charge in [0.15, 0.2) is 0 Å². The predicted octanol–water partition coefficient (Wildman–Crippen LogP) is 0.425. The Morgan fingerprint density at radius 2 is 2.50 bits per heavy atom. The van der Waals surface area contributed by atoms with Gasteiger partial charge >= 0.3 is 0 Å². The summed E-state index contributed by atoms with van der Waals surface area (Å²) in [4.78, 5) is 10.8. The van der Waals surface area contributed by atoms with Crippen molar-refractivity contribution in [2.75, 3.05) is 0 Å². The highest BCUT2D eigenvalue weighted by molar-refractivity contribution is 5.80. The normalized spacial score (nSPS) is 38.9. The van der Waals surface area contributed by atoms with Crippen LogP contribution in [-0.2, 0) is 4.79 Å². The van der Waals surface area contributed by atoms with E-state index in [9.17, 15) is 4.79 Å². The van der Waals surface area contributed by atoms with Crippen molar-refractivity contribution in [2.45, 2.75) is 25.8 Å². The lowest BCUT2D eigenvalue weighted by Gasteiger charge is -2.18. The first-order valence-electron chi connectivity index (χ1n) is 3.31. The first-order valence-corrected chi connectivity index (χ1v) is 3.31. The number of hydrogen-bond donors (Lipinski definition) is 1. The van der Waals surface area contributed by atoms with Crippen LogP contribution in [0.4, 0.5) is 0 Å². The molecule has 10 heavy (non-hydrogen) atoms. The second kappa shape index (κ2) is 1.98. The number of nitriles is 1. The molecule has 1 aliphatic heterocycles. The number of carbonyl (C=O) groups is 1. The van der Waals surface area contributed by atoms with Gasteiger partial charge in [0.05, 0.1) is 6.07 Å². The van der Waals surface area contributed by atoms with Gasteiger partial charge in [-0.25, -0.2) is 0 Å². The summed E-state index contributed by atoms with van der Waals surface area (Å²) in [5.74, 6) is 0.113. The van der Waals surface area contributed by atoms with E-state index in [0.717, 1.165) is 0 Å².